The average Bonchev–Trinajstić information content (AvgIpc) is 3.02. The second-order valence-electron chi connectivity index (χ2n) is 14.2. The van der Waals surface area contributed by atoms with Crippen LogP contribution in [0, 0.1) is 33.5 Å². The number of hydrogen-bond donors (Lipinski definition) is 4. The molecule has 4 nitrogen and oxygen atoms in total. The number of rotatable bonds is 20. The summed E-state index contributed by atoms with van der Waals surface area (Å²) < 4.78 is 0. The Hall–Kier alpha value is 0.540. The lowest BCUT2D eigenvalue weighted by molar-refractivity contribution is 0.125. The third kappa shape index (κ3) is 26.4. The summed E-state index contributed by atoms with van der Waals surface area (Å²) in [6.07, 6.45) is 5.87. The highest BCUT2D eigenvalue weighted by Crippen LogP contribution is 2.36. The first kappa shape index (κ1) is 53.3. The van der Waals surface area contributed by atoms with Gasteiger partial charge in [-0.25, -0.2) is 0 Å². The van der Waals surface area contributed by atoms with Crippen molar-refractivity contribution in [3.63, 3.8) is 0 Å². The molecule has 0 aliphatic rings. The summed E-state index contributed by atoms with van der Waals surface area (Å²) in [6, 6.07) is 0. The summed E-state index contributed by atoms with van der Waals surface area (Å²) in [7, 11) is 0. The maximum absolute atomic E-state index is 9.23. The molecule has 0 saturated carbocycles. The summed E-state index contributed by atoms with van der Waals surface area (Å²) in [6.45, 7) is 31.4. The van der Waals surface area contributed by atoms with Crippen molar-refractivity contribution in [1.82, 2.24) is 0 Å². The summed E-state index contributed by atoms with van der Waals surface area (Å²) in [5, 5.41) is 36.7. The number of aliphatic hydroxyl groups is 4. The standard InChI is InChI=1S/2C10H18Cl2O.2C8H15ClO/c1-8(2)9(3)4-10(5-11,6-12)7-13;1-4-9(2,3)5-10(6-11,7-12)8-13;1-6(2)7(3)4-8(10)5-9;1-4-8(2,3)5-7(10)6-9/h9,13H,1,4-7H2,2-3H3;4,13H,1,5-8H2,2-3H3;7-8,10H,1,4-5H2,2-3H3;4,7,10H,1,5-6H2,2-3H3. The third-order valence-corrected chi connectivity index (χ3v) is 10.9. The van der Waals surface area contributed by atoms with Gasteiger partial charge in [-0.15, -0.1) is 82.8 Å². The highest BCUT2D eigenvalue weighted by atomic mass is 35.5. The van der Waals surface area contributed by atoms with Crippen LogP contribution in [0.15, 0.2) is 49.6 Å². The first-order valence-electron chi connectivity index (χ1n) is 15.6. The average molecular weight is 776 g/mol. The van der Waals surface area contributed by atoms with E-state index >= 15 is 0 Å². The Balaban J connectivity index is -0.000000258. The molecule has 0 aliphatic carbocycles. The van der Waals surface area contributed by atoms with Crippen molar-refractivity contribution < 1.29 is 20.4 Å². The number of aliphatic hydroxyl groups excluding tert-OH is 4. The van der Waals surface area contributed by atoms with Gasteiger partial charge in [-0.1, -0.05) is 78.0 Å². The molecular weight excluding hydrogens is 709 g/mol. The van der Waals surface area contributed by atoms with E-state index in [0.29, 0.717) is 53.5 Å². The quantitative estimate of drug-likeness (QED) is 0.0734. The van der Waals surface area contributed by atoms with E-state index in [-0.39, 0.29) is 41.0 Å². The van der Waals surface area contributed by atoms with Crippen LogP contribution in [0.1, 0.15) is 81.1 Å². The fraction of sp³-hybridized carbons (Fsp3) is 0.778. The Morgan fingerprint density at radius 3 is 1.26 bits per heavy atom. The van der Waals surface area contributed by atoms with Crippen LogP contribution in [0.5, 0.6) is 0 Å². The maximum atomic E-state index is 9.23. The molecule has 10 heteroatoms. The molecule has 0 aromatic rings. The minimum Gasteiger partial charge on any atom is -0.396 e. The Morgan fingerprint density at radius 2 is 1.00 bits per heavy atom. The van der Waals surface area contributed by atoms with E-state index in [1.54, 1.807) is 0 Å². The molecule has 0 spiro atoms. The topological polar surface area (TPSA) is 80.9 Å². The maximum Gasteiger partial charge on any atom is 0.0683 e. The van der Waals surface area contributed by atoms with Gasteiger partial charge in [0.05, 0.1) is 25.4 Å². The lowest BCUT2D eigenvalue weighted by Gasteiger charge is -2.34. The van der Waals surface area contributed by atoms with E-state index in [1.165, 1.54) is 0 Å². The van der Waals surface area contributed by atoms with Gasteiger partial charge in [0.15, 0.2) is 0 Å². The zero-order valence-corrected chi connectivity index (χ0v) is 34.4. The summed E-state index contributed by atoms with van der Waals surface area (Å²) in [5.74, 6) is 2.89. The lowest BCUT2D eigenvalue weighted by Crippen LogP contribution is -2.34. The summed E-state index contributed by atoms with van der Waals surface area (Å²) in [4.78, 5) is 0. The van der Waals surface area contributed by atoms with Gasteiger partial charge in [0.1, 0.15) is 0 Å². The number of hydrogen-bond acceptors (Lipinski definition) is 4. The highest BCUT2D eigenvalue weighted by Gasteiger charge is 2.33. The van der Waals surface area contributed by atoms with Crippen LogP contribution in [0.3, 0.4) is 0 Å². The van der Waals surface area contributed by atoms with E-state index < -0.39 is 6.10 Å². The normalized spacial score (nSPS) is 14.5. The van der Waals surface area contributed by atoms with Crippen LogP contribution in [-0.4, -0.2) is 81.1 Å². The molecule has 0 heterocycles. The predicted octanol–water partition coefficient (Wildman–Crippen LogP) is 10.5. The molecule has 0 aliphatic heterocycles. The fourth-order valence-electron chi connectivity index (χ4n) is 3.84. The molecule has 0 fully saturated rings. The second-order valence-corrected chi connectivity index (χ2v) is 15.9. The number of alkyl halides is 6. The van der Waals surface area contributed by atoms with E-state index in [1.807, 2.05) is 46.8 Å². The molecule has 0 amide bonds. The third-order valence-electron chi connectivity index (χ3n) is 7.91. The molecule has 0 aromatic carbocycles. The van der Waals surface area contributed by atoms with E-state index in [2.05, 4.69) is 47.1 Å². The van der Waals surface area contributed by atoms with Crippen LogP contribution in [0.4, 0.5) is 0 Å². The van der Waals surface area contributed by atoms with Gasteiger partial charge < -0.3 is 20.4 Å². The molecule has 46 heavy (non-hydrogen) atoms. The molecule has 0 aromatic heterocycles. The van der Waals surface area contributed by atoms with Crippen LogP contribution in [0.25, 0.3) is 0 Å². The van der Waals surface area contributed by atoms with Gasteiger partial charge >= 0.3 is 0 Å². The number of halogens is 6. The molecule has 4 unspecified atom stereocenters. The van der Waals surface area contributed by atoms with Crippen molar-refractivity contribution in [2.45, 2.75) is 93.3 Å². The van der Waals surface area contributed by atoms with Crippen LogP contribution in [0.2, 0.25) is 0 Å². The van der Waals surface area contributed by atoms with Crippen molar-refractivity contribution in [2.24, 2.45) is 33.5 Å². The van der Waals surface area contributed by atoms with Crippen molar-refractivity contribution in [3.8, 4) is 0 Å². The van der Waals surface area contributed by atoms with E-state index in [9.17, 15) is 10.2 Å². The summed E-state index contributed by atoms with van der Waals surface area (Å²) >= 11 is 34.1. The van der Waals surface area contributed by atoms with Gasteiger partial charge in [0.2, 0.25) is 0 Å². The molecule has 0 bridgehead atoms. The van der Waals surface area contributed by atoms with E-state index in [4.69, 9.17) is 79.8 Å². The minimum atomic E-state index is -0.408. The first-order chi connectivity index (χ1) is 21.0. The second kappa shape index (κ2) is 28.3. The van der Waals surface area contributed by atoms with Crippen LogP contribution < -0.4 is 0 Å². The molecule has 0 radical (unpaired) electrons. The van der Waals surface area contributed by atoms with Gasteiger partial charge in [0, 0.05) is 46.1 Å². The molecular formula is C36H66Cl6O4. The zero-order valence-electron chi connectivity index (χ0n) is 29.8. The Labute approximate surface area is 313 Å². The molecule has 4 N–H and O–H groups in total. The van der Waals surface area contributed by atoms with Gasteiger partial charge in [-0.05, 0) is 62.2 Å². The molecule has 0 rings (SSSR count). The molecule has 276 valence electrons. The van der Waals surface area contributed by atoms with Crippen LogP contribution >= 0.6 is 69.6 Å². The zero-order chi connectivity index (χ0) is 37.4. The summed E-state index contributed by atoms with van der Waals surface area (Å²) in [5.41, 5.74) is 1.44. The van der Waals surface area contributed by atoms with Crippen molar-refractivity contribution >= 4 is 69.6 Å². The monoisotopic (exact) mass is 772 g/mol. The SMILES string of the molecule is C=C(C)C(C)CC(CO)(CCl)CCl.C=C(C)C(C)CC(O)CCl.C=CC(C)(C)CC(CO)(CCl)CCl.C=CC(C)(C)CC(O)CCl. The van der Waals surface area contributed by atoms with Crippen molar-refractivity contribution in [2.75, 3.05) is 48.5 Å². The Kier molecular flexibility index (Phi) is 32.8. The number of allylic oxidation sites excluding steroid dienone is 4. The smallest absolute Gasteiger partial charge is 0.0683 e. The van der Waals surface area contributed by atoms with Gasteiger partial charge in [-0.2, -0.15) is 0 Å². The van der Waals surface area contributed by atoms with Crippen LogP contribution in [-0.2, 0) is 0 Å². The van der Waals surface area contributed by atoms with Crippen molar-refractivity contribution in [1.29, 1.82) is 0 Å². The van der Waals surface area contributed by atoms with Gasteiger partial charge in [-0.3, -0.25) is 0 Å². The van der Waals surface area contributed by atoms with Gasteiger partial charge in [0.25, 0.3) is 0 Å². The highest BCUT2D eigenvalue weighted by molar-refractivity contribution is 6.22. The fourth-order valence-corrected chi connectivity index (χ4v) is 5.40. The molecule has 4 atom stereocenters. The van der Waals surface area contributed by atoms with Crippen molar-refractivity contribution in [3.05, 3.63) is 49.6 Å². The Bertz CT molecular complexity index is 794. The minimum absolute atomic E-state index is 0.00565. The molecule has 0 saturated heterocycles. The van der Waals surface area contributed by atoms with E-state index in [0.717, 1.165) is 30.4 Å². The predicted molar refractivity (Wildman–Crippen MR) is 210 cm³/mol. The lowest BCUT2D eigenvalue weighted by atomic mass is 9.75. The first-order valence-corrected chi connectivity index (χ1v) is 18.8. The Morgan fingerprint density at radius 1 is 0.630 bits per heavy atom. The largest absolute Gasteiger partial charge is 0.396 e.